The van der Waals surface area contributed by atoms with Gasteiger partial charge in [-0.1, -0.05) is 18.2 Å². The van der Waals surface area contributed by atoms with Crippen LogP contribution in [0.1, 0.15) is 36.4 Å². The molecule has 2 aromatic rings. The Morgan fingerprint density at radius 3 is 2.38 bits per heavy atom. The largest absolute Gasteiger partial charge is 0.497 e. The molecule has 0 bridgehead atoms. The van der Waals surface area contributed by atoms with Gasteiger partial charge in [0.2, 0.25) is 5.91 Å². The Labute approximate surface area is 167 Å². The lowest BCUT2D eigenvalue weighted by atomic mass is 9.97. The lowest BCUT2D eigenvalue weighted by molar-refractivity contribution is -0.141. The van der Waals surface area contributed by atoms with E-state index in [0.29, 0.717) is 28.3 Å². The van der Waals surface area contributed by atoms with Crippen molar-refractivity contribution in [1.82, 2.24) is 5.01 Å². The molecule has 29 heavy (non-hydrogen) atoms. The first-order valence-electron chi connectivity index (χ1n) is 9.02. The normalized spacial score (nSPS) is 15.8. The minimum absolute atomic E-state index is 0.224. The van der Waals surface area contributed by atoms with Crippen molar-refractivity contribution in [3.05, 3.63) is 59.4 Å². The van der Waals surface area contributed by atoms with Crippen molar-refractivity contribution in [3.63, 3.8) is 0 Å². The van der Waals surface area contributed by atoms with Crippen molar-refractivity contribution >= 4 is 17.6 Å². The predicted molar refractivity (Wildman–Crippen MR) is 104 cm³/mol. The molecule has 1 atom stereocenters. The minimum atomic E-state index is -1.08. The van der Waals surface area contributed by atoms with Gasteiger partial charge in [0.1, 0.15) is 17.3 Å². The number of carboxylic acids is 1. The van der Waals surface area contributed by atoms with Crippen LogP contribution in [0.3, 0.4) is 0 Å². The molecule has 0 radical (unpaired) electrons. The third-order valence-electron chi connectivity index (χ3n) is 4.67. The fourth-order valence-corrected chi connectivity index (χ4v) is 3.20. The maximum atomic E-state index is 14.4. The third kappa shape index (κ3) is 4.53. The molecule has 0 aliphatic carbocycles. The molecule has 8 heteroatoms. The maximum absolute atomic E-state index is 14.4. The summed E-state index contributed by atoms with van der Waals surface area (Å²) in [6.07, 6.45) is -0.272. The Hall–Kier alpha value is -3.42. The Balaban J connectivity index is 1.99. The number of hydrogen-bond donors (Lipinski definition) is 1. The first kappa shape index (κ1) is 20.3. The van der Waals surface area contributed by atoms with Crippen LogP contribution in [0.25, 0.3) is 0 Å². The van der Waals surface area contributed by atoms with Crippen LogP contribution < -0.4 is 9.47 Å². The van der Waals surface area contributed by atoms with Crippen LogP contribution in [0, 0.1) is 5.82 Å². The molecule has 0 saturated heterocycles. The lowest BCUT2D eigenvalue weighted by Gasteiger charge is -2.22. The van der Waals surface area contributed by atoms with E-state index in [1.54, 1.807) is 36.4 Å². The molecule has 1 N–H and O–H groups in total. The van der Waals surface area contributed by atoms with E-state index in [-0.39, 0.29) is 19.3 Å². The van der Waals surface area contributed by atoms with Crippen LogP contribution in [-0.4, -0.2) is 41.9 Å². The van der Waals surface area contributed by atoms with Crippen molar-refractivity contribution in [2.45, 2.75) is 25.3 Å². The molecule has 3 rings (SSSR count). The van der Waals surface area contributed by atoms with Crippen molar-refractivity contribution in [3.8, 4) is 11.5 Å². The molecular formula is C21H21FN2O5. The standard InChI is InChI=1S/C21H21FN2O5/c1-28-14-9-13(10-15(11-14)29-2)18-12-19(16-5-3-4-6-17(16)22)24(23-18)20(25)7-8-21(26)27/h3-6,9-11,19H,7-8,12H2,1-2H3,(H,26,27). The number of aliphatic carboxylic acids is 1. The number of carbonyl (C=O) groups excluding carboxylic acids is 1. The van der Waals surface area contributed by atoms with E-state index in [1.165, 1.54) is 25.3 Å². The van der Waals surface area contributed by atoms with Crippen LogP contribution in [0.15, 0.2) is 47.6 Å². The molecule has 0 spiro atoms. The van der Waals surface area contributed by atoms with E-state index < -0.39 is 23.7 Å². The highest BCUT2D eigenvalue weighted by molar-refractivity contribution is 6.03. The third-order valence-corrected chi connectivity index (χ3v) is 4.67. The molecule has 7 nitrogen and oxygen atoms in total. The van der Waals surface area contributed by atoms with Crippen molar-refractivity contribution in [2.75, 3.05) is 14.2 Å². The van der Waals surface area contributed by atoms with Crippen LogP contribution in [0.5, 0.6) is 11.5 Å². The van der Waals surface area contributed by atoms with Crippen molar-refractivity contribution in [2.24, 2.45) is 5.10 Å². The number of rotatable bonds is 7. The number of hydrazone groups is 1. The second-order valence-electron chi connectivity index (χ2n) is 6.52. The van der Waals surface area contributed by atoms with E-state index in [1.807, 2.05) is 0 Å². The smallest absolute Gasteiger partial charge is 0.303 e. The molecule has 0 fully saturated rings. The van der Waals surface area contributed by atoms with E-state index in [2.05, 4.69) is 5.10 Å². The molecular weight excluding hydrogens is 379 g/mol. The van der Waals surface area contributed by atoms with Gasteiger partial charge in [-0.2, -0.15) is 5.10 Å². The van der Waals surface area contributed by atoms with Gasteiger partial charge in [-0.25, -0.2) is 9.40 Å². The summed E-state index contributed by atoms with van der Waals surface area (Å²) in [6.45, 7) is 0. The first-order valence-corrected chi connectivity index (χ1v) is 9.02. The van der Waals surface area contributed by atoms with E-state index >= 15 is 0 Å². The Morgan fingerprint density at radius 1 is 1.14 bits per heavy atom. The highest BCUT2D eigenvalue weighted by Gasteiger charge is 2.34. The van der Waals surface area contributed by atoms with Gasteiger partial charge in [0.15, 0.2) is 0 Å². The summed E-state index contributed by atoms with van der Waals surface area (Å²) in [5, 5.41) is 14.5. The zero-order valence-corrected chi connectivity index (χ0v) is 16.1. The van der Waals surface area contributed by atoms with Gasteiger partial charge >= 0.3 is 5.97 Å². The number of hydrogen-bond acceptors (Lipinski definition) is 5. The summed E-state index contributed by atoms with van der Waals surface area (Å²) < 4.78 is 25.0. The van der Waals surface area contributed by atoms with Crippen LogP contribution in [0.2, 0.25) is 0 Å². The number of nitrogens with zero attached hydrogens (tertiary/aromatic N) is 2. The molecule has 2 aromatic carbocycles. The zero-order valence-electron chi connectivity index (χ0n) is 16.1. The first-order chi connectivity index (χ1) is 13.9. The van der Waals surface area contributed by atoms with Gasteiger partial charge in [0.25, 0.3) is 0 Å². The molecule has 1 aliphatic rings. The Morgan fingerprint density at radius 2 is 1.79 bits per heavy atom. The monoisotopic (exact) mass is 400 g/mol. The van der Waals surface area contributed by atoms with Gasteiger partial charge < -0.3 is 14.6 Å². The van der Waals surface area contributed by atoms with Crippen molar-refractivity contribution in [1.29, 1.82) is 0 Å². The summed E-state index contributed by atoms with van der Waals surface area (Å²) in [7, 11) is 3.05. The van der Waals surface area contributed by atoms with Gasteiger partial charge in [-0.05, 0) is 18.2 Å². The topological polar surface area (TPSA) is 88.4 Å². The van der Waals surface area contributed by atoms with Gasteiger partial charge in [0, 0.05) is 30.0 Å². The minimum Gasteiger partial charge on any atom is -0.497 e. The summed E-state index contributed by atoms with van der Waals surface area (Å²) in [5.74, 6) is -0.902. The van der Waals surface area contributed by atoms with Crippen LogP contribution >= 0.6 is 0 Å². The number of ether oxygens (including phenoxy) is 2. The number of methoxy groups -OCH3 is 2. The number of carbonyl (C=O) groups is 2. The fourth-order valence-electron chi connectivity index (χ4n) is 3.20. The van der Waals surface area contributed by atoms with Gasteiger partial charge in [-0.15, -0.1) is 0 Å². The molecule has 0 saturated carbocycles. The average Bonchev–Trinajstić information content (AvgIpc) is 3.17. The second-order valence-corrected chi connectivity index (χ2v) is 6.52. The maximum Gasteiger partial charge on any atom is 0.303 e. The van der Waals surface area contributed by atoms with E-state index in [0.717, 1.165) is 0 Å². The predicted octanol–water partition coefficient (Wildman–Crippen LogP) is 3.39. The fraction of sp³-hybridized carbons (Fsp3) is 0.286. The average molecular weight is 400 g/mol. The SMILES string of the molecule is COc1cc(OC)cc(C2=NN(C(=O)CCC(=O)O)C(c3ccccc3F)C2)c1. The molecule has 1 heterocycles. The van der Waals surface area contributed by atoms with Crippen LogP contribution in [0.4, 0.5) is 4.39 Å². The number of amides is 1. The Kier molecular flexibility index (Phi) is 6.11. The summed E-state index contributed by atoms with van der Waals surface area (Å²) in [4.78, 5) is 23.5. The molecule has 152 valence electrons. The highest BCUT2D eigenvalue weighted by Crippen LogP contribution is 2.36. The molecule has 1 unspecified atom stereocenters. The van der Waals surface area contributed by atoms with Gasteiger partial charge in [-0.3, -0.25) is 9.59 Å². The Bertz CT molecular complexity index is 938. The summed E-state index contributed by atoms with van der Waals surface area (Å²) >= 11 is 0. The summed E-state index contributed by atoms with van der Waals surface area (Å²) in [6, 6.07) is 10.7. The zero-order chi connectivity index (χ0) is 21.0. The lowest BCUT2D eigenvalue weighted by Crippen LogP contribution is -2.28. The van der Waals surface area contributed by atoms with E-state index in [4.69, 9.17) is 14.6 Å². The summed E-state index contributed by atoms with van der Waals surface area (Å²) in [5.41, 5.74) is 1.56. The van der Waals surface area contributed by atoms with E-state index in [9.17, 15) is 14.0 Å². The molecule has 1 aliphatic heterocycles. The van der Waals surface area contributed by atoms with Crippen molar-refractivity contribution < 1.29 is 28.6 Å². The second kappa shape index (κ2) is 8.72. The number of benzene rings is 2. The quantitative estimate of drug-likeness (QED) is 0.770. The molecule has 0 aromatic heterocycles. The van der Waals surface area contributed by atoms with Gasteiger partial charge in [0.05, 0.1) is 32.4 Å². The highest BCUT2D eigenvalue weighted by atomic mass is 19.1. The number of halogens is 1. The van der Waals surface area contributed by atoms with Crippen LogP contribution in [-0.2, 0) is 9.59 Å². The number of carboxylic acid groups (broad SMARTS) is 1. The molecule has 1 amide bonds.